The van der Waals surface area contributed by atoms with E-state index in [1.54, 1.807) is 67.6 Å². The molecule has 1 amide bonds. The van der Waals surface area contributed by atoms with Crippen molar-refractivity contribution < 1.29 is 17.9 Å². The molecule has 0 saturated carbocycles. The van der Waals surface area contributed by atoms with E-state index in [4.69, 9.17) is 16.3 Å². The second kappa shape index (κ2) is 10.3. The van der Waals surface area contributed by atoms with Crippen LogP contribution in [0.5, 0.6) is 5.75 Å². The number of sulfonamides is 1. The lowest BCUT2D eigenvalue weighted by Gasteiger charge is -2.26. The molecule has 0 aliphatic rings. The number of anilines is 2. The molecular formula is C24H23ClN2O4S. The van der Waals surface area contributed by atoms with Crippen molar-refractivity contribution in [3.8, 4) is 5.75 Å². The minimum Gasteiger partial charge on any atom is -0.489 e. The van der Waals surface area contributed by atoms with Gasteiger partial charge in [0, 0.05) is 16.8 Å². The topological polar surface area (TPSA) is 75.7 Å². The van der Waals surface area contributed by atoms with Crippen molar-refractivity contribution in [1.82, 2.24) is 0 Å². The number of aryl methyl sites for hydroxylation is 1. The molecule has 0 aliphatic heterocycles. The lowest BCUT2D eigenvalue weighted by atomic mass is 10.2. The highest BCUT2D eigenvalue weighted by atomic mass is 35.5. The molecule has 0 unspecified atom stereocenters. The number of carbonyl (C=O) groups is 1. The van der Waals surface area contributed by atoms with Crippen molar-refractivity contribution in [2.45, 2.75) is 11.8 Å². The van der Waals surface area contributed by atoms with E-state index < -0.39 is 22.5 Å². The summed E-state index contributed by atoms with van der Waals surface area (Å²) in [6, 6.07) is 19.7. The number of amides is 1. The second-order valence-electron chi connectivity index (χ2n) is 6.93. The Morgan fingerprint density at radius 1 is 1.09 bits per heavy atom. The maximum absolute atomic E-state index is 13.4. The van der Waals surface area contributed by atoms with Gasteiger partial charge in [-0.05, 0) is 48.9 Å². The summed E-state index contributed by atoms with van der Waals surface area (Å²) in [5, 5.41) is 3.10. The first-order chi connectivity index (χ1) is 15.3. The Morgan fingerprint density at radius 2 is 1.84 bits per heavy atom. The van der Waals surface area contributed by atoms with Crippen LogP contribution in [-0.4, -0.2) is 27.5 Å². The van der Waals surface area contributed by atoms with Gasteiger partial charge in [0.05, 0.1) is 10.6 Å². The van der Waals surface area contributed by atoms with E-state index in [1.165, 1.54) is 18.2 Å². The average Bonchev–Trinajstić information content (AvgIpc) is 2.78. The number of ether oxygens (including phenoxy) is 1. The molecule has 1 N–H and O–H groups in total. The van der Waals surface area contributed by atoms with Gasteiger partial charge >= 0.3 is 0 Å². The molecule has 0 saturated heterocycles. The number of hydrogen-bond acceptors (Lipinski definition) is 4. The van der Waals surface area contributed by atoms with E-state index >= 15 is 0 Å². The zero-order valence-electron chi connectivity index (χ0n) is 17.5. The number of benzene rings is 3. The predicted octanol–water partition coefficient (Wildman–Crippen LogP) is 5.05. The van der Waals surface area contributed by atoms with Gasteiger partial charge in [0.15, 0.2) is 0 Å². The maximum atomic E-state index is 13.4. The second-order valence-corrected chi connectivity index (χ2v) is 9.23. The van der Waals surface area contributed by atoms with Gasteiger partial charge in [0.1, 0.15) is 18.9 Å². The zero-order chi connectivity index (χ0) is 23.1. The quantitative estimate of drug-likeness (QED) is 0.444. The van der Waals surface area contributed by atoms with Gasteiger partial charge in [-0.2, -0.15) is 0 Å². The molecule has 0 fully saturated rings. The minimum absolute atomic E-state index is 0.0759. The van der Waals surface area contributed by atoms with Gasteiger partial charge in [0.25, 0.3) is 10.0 Å². The first kappa shape index (κ1) is 23.4. The fraction of sp³-hybridized carbons (Fsp3) is 0.125. The molecule has 3 aromatic rings. The Morgan fingerprint density at radius 3 is 2.56 bits per heavy atom. The van der Waals surface area contributed by atoms with Crippen molar-refractivity contribution in [2.75, 3.05) is 22.8 Å². The van der Waals surface area contributed by atoms with E-state index in [9.17, 15) is 13.2 Å². The van der Waals surface area contributed by atoms with Gasteiger partial charge in [-0.15, -0.1) is 0 Å². The monoisotopic (exact) mass is 470 g/mol. The van der Waals surface area contributed by atoms with E-state index in [-0.39, 0.29) is 4.90 Å². The molecule has 0 atom stereocenters. The van der Waals surface area contributed by atoms with Gasteiger partial charge in [0.2, 0.25) is 5.91 Å². The molecule has 0 bridgehead atoms. The highest BCUT2D eigenvalue weighted by Gasteiger charge is 2.28. The van der Waals surface area contributed by atoms with Crippen LogP contribution in [0.2, 0.25) is 5.02 Å². The molecular weight excluding hydrogens is 448 g/mol. The van der Waals surface area contributed by atoms with Crippen LogP contribution in [0.15, 0.2) is 90.3 Å². The third-order valence-electron chi connectivity index (χ3n) is 4.54. The van der Waals surface area contributed by atoms with Crippen molar-refractivity contribution in [3.05, 3.63) is 96.0 Å². The van der Waals surface area contributed by atoms with Crippen LogP contribution in [0.4, 0.5) is 11.4 Å². The predicted molar refractivity (Wildman–Crippen MR) is 128 cm³/mol. The zero-order valence-corrected chi connectivity index (χ0v) is 19.1. The molecule has 0 radical (unpaired) electrons. The van der Waals surface area contributed by atoms with Gasteiger partial charge in [-0.3, -0.25) is 9.10 Å². The van der Waals surface area contributed by atoms with E-state index in [1.807, 2.05) is 0 Å². The van der Waals surface area contributed by atoms with Crippen molar-refractivity contribution in [3.63, 3.8) is 0 Å². The largest absolute Gasteiger partial charge is 0.489 e. The molecule has 166 valence electrons. The summed E-state index contributed by atoms with van der Waals surface area (Å²) in [5.74, 6) is 0.0481. The molecule has 3 aromatic carbocycles. The first-order valence-electron chi connectivity index (χ1n) is 9.79. The summed E-state index contributed by atoms with van der Waals surface area (Å²) in [4.78, 5) is 13.0. The van der Waals surface area contributed by atoms with Crippen LogP contribution in [0.25, 0.3) is 0 Å². The number of hydrogen-bond donors (Lipinski definition) is 1. The summed E-state index contributed by atoms with van der Waals surface area (Å²) in [5.41, 5.74) is 1.48. The molecule has 0 spiro atoms. The number of halogens is 1. The maximum Gasteiger partial charge on any atom is 0.264 e. The standard InChI is InChI=1S/C24H23ClN2O4S/c1-3-14-31-21-9-7-8-20(16-21)26-24(28)17-27(23-15-19(25)13-12-18(23)2)32(29,30)22-10-5-4-6-11-22/h3-13,15-16H,1,14,17H2,2H3,(H,26,28). The van der Waals surface area contributed by atoms with Crippen LogP contribution in [0.1, 0.15) is 5.56 Å². The first-order valence-corrected chi connectivity index (χ1v) is 11.6. The van der Waals surface area contributed by atoms with Crippen molar-refractivity contribution in [1.29, 1.82) is 0 Å². The lowest BCUT2D eigenvalue weighted by Crippen LogP contribution is -2.38. The van der Waals surface area contributed by atoms with Gasteiger partial charge < -0.3 is 10.1 Å². The Hall–Kier alpha value is -3.29. The third-order valence-corrected chi connectivity index (χ3v) is 6.55. The molecule has 0 aromatic heterocycles. The molecule has 32 heavy (non-hydrogen) atoms. The van der Waals surface area contributed by atoms with Crippen LogP contribution in [0.3, 0.4) is 0 Å². The average molecular weight is 471 g/mol. The highest BCUT2D eigenvalue weighted by molar-refractivity contribution is 7.92. The number of nitrogens with zero attached hydrogens (tertiary/aromatic N) is 1. The fourth-order valence-corrected chi connectivity index (χ4v) is 4.69. The van der Waals surface area contributed by atoms with Crippen LogP contribution < -0.4 is 14.4 Å². The molecule has 6 nitrogen and oxygen atoms in total. The Labute approximate surface area is 193 Å². The minimum atomic E-state index is -4.02. The summed E-state index contributed by atoms with van der Waals surface area (Å²) in [7, 11) is -4.02. The fourth-order valence-electron chi connectivity index (χ4n) is 3.02. The summed E-state index contributed by atoms with van der Waals surface area (Å²) >= 11 is 6.14. The van der Waals surface area contributed by atoms with Crippen LogP contribution in [-0.2, 0) is 14.8 Å². The molecule has 0 heterocycles. The SMILES string of the molecule is C=CCOc1cccc(NC(=O)CN(c2cc(Cl)ccc2C)S(=O)(=O)c2ccccc2)c1. The number of rotatable bonds is 9. The normalized spacial score (nSPS) is 10.9. The molecule has 8 heteroatoms. The number of nitrogens with one attached hydrogen (secondary N) is 1. The Bertz CT molecular complexity index is 1210. The van der Waals surface area contributed by atoms with Crippen molar-refractivity contribution >= 4 is 38.9 Å². The third kappa shape index (κ3) is 5.69. The van der Waals surface area contributed by atoms with E-state index in [0.717, 1.165) is 4.31 Å². The van der Waals surface area contributed by atoms with Gasteiger partial charge in [-0.25, -0.2) is 8.42 Å². The lowest BCUT2D eigenvalue weighted by molar-refractivity contribution is -0.114. The highest BCUT2D eigenvalue weighted by Crippen LogP contribution is 2.29. The summed E-state index contributed by atoms with van der Waals surface area (Å²) < 4.78 is 33.4. The van der Waals surface area contributed by atoms with E-state index in [2.05, 4.69) is 11.9 Å². The van der Waals surface area contributed by atoms with Gasteiger partial charge in [-0.1, -0.05) is 54.6 Å². The summed E-state index contributed by atoms with van der Waals surface area (Å²) in [6.07, 6.45) is 1.62. The van der Waals surface area contributed by atoms with Crippen molar-refractivity contribution in [2.24, 2.45) is 0 Å². The smallest absolute Gasteiger partial charge is 0.264 e. The van der Waals surface area contributed by atoms with Crippen LogP contribution >= 0.6 is 11.6 Å². The number of carbonyl (C=O) groups excluding carboxylic acids is 1. The Kier molecular flexibility index (Phi) is 7.56. The Balaban J connectivity index is 1.92. The van der Waals surface area contributed by atoms with E-state index in [0.29, 0.717) is 34.3 Å². The summed E-state index contributed by atoms with van der Waals surface area (Å²) in [6.45, 7) is 5.26. The van der Waals surface area contributed by atoms with Crippen LogP contribution in [0, 0.1) is 6.92 Å². The molecule has 3 rings (SSSR count). The molecule has 0 aliphatic carbocycles.